The van der Waals surface area contributed by atoms with E-state index >= 15 is 0 Å². The zero-order valence-corrected chi connectivity index (χ0v) is 11.2. The molecule has 7 heteroatoms. The molecular formula is C12H14N6S. The van der Waals surface area contributed by atoms with Crippen LogP contribution in [-0.2, 0) is 0 Å². The van der Waals surface area contributed by atoms with Crippen LogP contribution in [0.3, 0.4) is 0 Å². The lowest BCUT2D eigenvalue weighted by Gasteiger charge is -2.24. The van der Waals surface area contributed by atoms with Gasteiger partial charge in [-0.25, -0.2) is 9.97 Å². The average Bonchev–Trinajstić information content (AvgIpc) is 3.16. The third-order valence-electron chi connectivity index (χ3n) is 3.98. The van der Waals surface area contributed by atoms with E-state index in [0.29, 0.717) is 12.1 Å². The molecule has 2 atom stereocenters. The van der Waals surface area contributed by atoms with Crippen LogP contribution < -0.4 is 9.80 Å². The van der Waals surface area contributed by atoms with E-state index < -0.39 is 0 Å². The van der Waals surface area contributed by atoms with Gasteiger partial charge in [0.05, 0.1) is 12.1 Å². The quantitative estimate of drug-likeness (QED) is 0.820. The topological polar surface area (TPSA) is 58.0 Å². The van der Waals surface area contributed by atoms with Gasteiger partial charge in [-0.3, -0.25) is 0 Å². The molecule has 0 saturated carbocycles. The van der Waals surface area contributed by atoms with Crippen LogP contribution in [0.15, 0.2) is 24.0 Å². The third-order valence-corrected chi connectivity index (χ3v) is 4.71. The van der Waals surface area contributed by atoms with E-state index in [4.69, 9.17) is 0 Å². The summed E-state index contributed by atoms with van der Waals surface area (Å²) in [5.74, 6) is 0.856. The van der Waals surface area contributed by atoms with Gasteiger partial charge in [0.25, 0.3) is 0 Å². The molecule has 98 valence electrons. The van der Waals surface area contributed by atoms with Crippen LogP contribution in [0.2, 0.25) is 0 Å². The van der Waals surface area contributed by atoms with Crippen molar-refractivity contribution >= 4 is 22.4 Å². The number of aromatic nitrogens is 4. The second-order valence-corrected chi connectivity index (χ2v) is 5.68. The zero-order valence-electron chi connectivity index (χ0n) is 10.4. The second kappa shape index (κ2) is 4.41. The molecule has 0 aliphatic carbocycles. The van der Waals surface area contributed by atoms with Crippen molar-refractivity contribution in [1.82, 2.24) is 20.2 Å². The van der Waals surface area contributed by atoms with Crippen LogP contribution in [0.25, 0.3) is 0 Å². The first-order chi connectivity index (χ1) is 9.43. The molecule has 0 unspecified atom stereocenters. The van der Waals surface area contributed by atoms with Gasteiger partial charge in [-0.15, -0.1) is 10.2 Å². The number of rotatable bonds is 2. The molecule has 0 radical (unpaired) electrons. The lowest BCUT2D eigenvalue weighted by Crippen LogP contribution is -2.37. The second-order valence-electron chi connectivity index (χ2n) is 4.87. The summed E-state index contributed by atoms with van der Waals surface area (Å²) < 4.78 is 0. The van der Waals surface area contributed by atoms with Crippen LogP contribution in [0, 0.1) is 0 Å². The van der Waals surface area contributed by atoms with Gasteiger partial charge in [0.1, 0.15) is 5.51 Å². The fraction of sp³-hybridized carbons (Fsp3) is 0.500. The van der Waals surface area contributed by atoms with E-state index in [-0.39, 0.29) is 0 Å². The Labute approximate surface area is 115 Å². The first kappa shape index (κ1) is 11.1. The number of fused-ring (bicyclic) bond motifs is 1. The Hall–Kier alpha value is -1.76. The molecule has 0 amide bonds. The summed E-state index contributed by atoms with van der Waals surface area (Å²) in [5, 5.41) is 9.19. The van der Waals surface area contributed by atoms with Crippen molar-refractivity contribution in [1.29, 1.82) is 0 Å². The number of hydrogen-bond donors (Lipinski definition) is 0. The Kier molecular flexibility index (Phi) is 2.58. The smallest absolute Gasteiger partial charge is 0.225 e. The molecule has 0 spiro atoms. The van der Waals surface area contributed by atoms with Crippen LogP contribution in [-0.4, -0.2) is 45.3 Å². The Morgan fingerprint density at radius 1 is 1.05 bits per heavy atom. The summed E-state index contributed by atoms with van der Waals surface area (Å²) in [5.41, 5.74) is 1.80. The molecule has 2 saturated heterocycles. The Balaban J connectivity index is 1.59. The van der Waals surface area contributed by atoms with Crippen molar-refractivity contribution in [3.05, 3.63) is 24.0 Å². The maximum atomic E-state index is 4.38. The first-order valence-electron chi connectivity index (χ1n) is 6.50. The van der Waals surface area contributed by atoms with Gasteiger partial charge in [0, 0.05) is 25.5 Å². The minimum Gasteiger partial charge on any atom is -0.341 e. The Morgan fingerprint density at radius 2 is 1.79 bits per heavy atom. The molecule has 2 fully saturated rings. The van der Waals surface area contributed by atoms with E-state index in [9.17, 15) is 0 Å². The summed E-state index contributed by atoms with van der Waals surface area (Å²) in [6.07, 6.45) is 5.91. The zero-order chi connectivity index (χ0) is 12.7. The summed E-state index contributed by atoms with van der Waals surface area (Å²) in [6.45, 7) is 2.07. The molecule has 4 heterocycles. The van der Waals surface area contributed by atoms with Crippen molar-refractivity contribution in [2.45, 2.75) is 24.9 Å². The lowest BCUT2D eigenvalue weighted by atomic mass is 10.1. The Morgan fingerprint density at radius 3 is 2.53 bits per heavy atom. The standard InChI is InChI=1S/C12H14N6S/c1-4-13-11(14-5-1)17-6-2-10-9(17)3-7-18(10)12-16-15-8-19-12/h1,4-5,8-10H,2-3,6-7H2/t9-,10+/m1/s1. The van der Waals surface area contributed by atoms with Crippen LogP contribution in [0.5, 0.6) is 0 Å². The van der Waals surface area contributed by atoms with E-state index in [2.05, 4.69) is 30.0 Å². The number of nitrogens with zero attached hydrogens (tertiary/aromatic N) is 6. The van der Waals surface area contributed by atoms with E-state index in [1.165, 1.54) is 0 Å². The van der Waals surface area contributed by atoms with Crippen molar-refractivity contribution in [2.24, 2.45) is 0 Å². The van der Waals surface area contributed by atoms with Crippen molar-refractivity contribution in [2.75, 3.05) is 22.9 Å². The molecule has 2 aliphatic rings. The number of anilines is 2. The Bertz CT molecular complexity index is 545. The third kappa shape index (κ3) is 1.76. The minimum absolute atomic E-state index is 0.506. The van der Waals surface area contributed by atoms with Gasteiger partial charge in [0.15, 0.2) is 0 Å². The van der Waals surface area contributed by atoms with E-state index in [0.717, 1.165) is 37.0 Å². The molecule has 19 heavy (non-hydrogen) atoms. The fourth-order valence-corrected chi connectivity index (χ4v) is 3.85. The summed E-state index contributed by atoms with van der Waals surface area (Å²) in [7, 11) is 0. The maximum absolute atomic E-state index is 4.38. The lowest BCUT2D eigenvalue weighted by molar-refractivity contribution is 0.637. The van der Waals surface area contributed by atoms with Gasteiger partial charge in [-0.2, -0.15) is 0 Å². The minimum atomic E-state index is 0.506. The van der Waals surface area contributed by atoms with Gasteiger partial charge in [-0.1, -0.05) is 11.3 Å². The van der Waals surface area contributed by atoms with Crippen molar-refractivity contribution in [3.8, 4) is 0 Å². The molecule has 4 rings (SSSR count). The van der Waals surface area contributed by atoms with Gasteiger partial charge in [0.2, 0.25) is 11.1 Å². The SMILES string of the molecule is c1cnc(N2CC[C@H]3[C@H]2CCN3c2nncs2)nc1. The van der Waals surface area contributed by atoms with Crippen LogP contribution in [0.4, 0.5) is 11.1 Å². The van der Waals surface area contributed by atoms with E-state index in [1.807, 2.05) is 18.5 Å². The number of hydrogen-bond acceptors (Lipinski definition) is 7. The molecular weight excluding hydrogens is 260 g/mol. The van der Waals surface area contributed by atoms with Crippen molar-refractivity contribution in [3.63, 3.8) is 0 Å². The van der Waals surface area contributed by atoms with Crippen LogP contribution >= 0.6 is 11.3 Å². The highest BCUT2D eigenvalue weighted by molar-refractivity contribution is 7.13. The monoisotopic (exact) mass is 274 g/mol. The molecule has 2 aromatic rings. The average molecular weight is 274 g/mol. The predicted molar refractivity (Wildman–Crippen MR) is 73.4 cm³/mol. The summed E-state index contributed by atoms with van der Waals surface area (Å²) >= 11 is 1.62. The molecule has 2 aromatic heterocycles. The molecule has 0 aromatic carbocycles. The first-order valence-corrected chi connectivity index (χ1v) is 7.38. The van der Waals surface area contributed by atoms with Gasteiger partial charge >= 0.3 is 0 Å². The fourth-order valence-electron chi connectivity index (χ4n) is 3.20. The summed E-state index contributed by atoms with van der Waals surface area (Å²) in [4.78, 5) is 13.5. The molecule has 0 bridgehead atoms. The molecule has 0 N–H and O–H groups in total. The highest BCUT2D eigenvalue weighted by Crippen LogP contribution is 2.36. The normalized spacial score (nSPS) is 25.9. The van der Waals surface area contributed by atoms with E-state index in [1.54, 1.807) is 16.8 Å². The highest BCUT2D eigenvalue weighted by atomic mass is 32.1. The largest absolute Gasteiger partial charge is 0.341 e. The molecule has 2 aliphatic heterocycles. The highest BCUT2D eigenvalue weighted by Gasteiger charge is 2.44. The molecule has 6 nitrogen and oxygen atoms in total. The van der Waals surface area contributed by atoms with Gasteiger partial charge < -0.3 is 9.80 Å². The van der Waals surface area contributed by atoms with Gasteiger partial charge in [-0.05, 0) is 18.9 Å². The maximum Gasteiger partial charge on any atom is 0.225 e. The predicted octanol–water partition coefficient (Wildman–Crippen LogP) is 1.19. The van der Waals surface area contributed by atoms with Crippen LogP contribution in [0.1, 0.15) is 12.8 Å². The summed E-state index contributed by atoms with van der Waals surface area (Å²) in [6, 6.07) is 2.89. The van der Waals surface area contributed by atoms with Crippen molar-refractivity contribution < 1.29 is 0 Å².